The summed E-state index contributed by atoms with van der Waals surface area (Å²) >= 11 is 3.26. The number of rotatable bonds is 1. The Hall–Kier alpha value is -2.46. The van der Waals surface area contributed by atoms with Crippen molar-refractivity contribution in [1.29, 1.82) is 5.26 Å². The number of halogens is 3. The Balaban J connectivity index is 2.41. The lowest BCUT2D eigenvalue weighted by Crippen LogP contribution is -2.03. The Labute approximate surface area is 126 Å². The molecule has 1 aromatic heterocycles. The zero-order valence-corrected chi connectivity index (χ0v) is 12.0. The molecule has 4 nitrogen and oxygen atoms in total. The van der Waals surface area contributed by atoms with Crippen molar-refractivity contribution >= 4 is 32.9 Å². The fourth-order valence-corrected chi connectivity index (χ4v) is 2.53. The highest BCUT2D eigenvalue weighted by atomic mass is 79.9. The molecule has 2 N–H and O–H groups in total. The summed E-state index contributed by atoms with van der Waals surface area (Å²) < 4.78 is 29.3. The zero-order valence-electron chi connectivity index (χ0n) is 10.4. The number of nitrogens with two attached hydrogens (primary N) is 1. The van der Waals surface area contributed by atoms with E-state index in [1.54, 1.807) is 18.2 Å². The van der Waals surface area contributed by atoms with Crippen LogP contribution in [0.25, 0.3) is 16.7 Å². The largest absolute Gasteiger partial charge is 0.369 e. The second-order valence-corrected chi connectivity index (χ2v) is 5.25. The second kappa shape index (κ2) is 4.82. The molecular weight excluding hydrogens is 342 g/mol. The maximum atomic E-state index is 13.8. The Morgan fingerprint density at radius 1 is 1.24 bits per heavy atom. The maximum absolute atomic E-state index is 13.8. The molecule has 3 aromatic rings. The minimum Gasteiger partial charge on any atom is -0.369 e. The quantitative estimate of drug-likeness (QED) is 0.731. The van der Waals surface area contributed by atoms with Gasteiger partial charge in [0, 0.05) is 16.6 Å². The van der Waals surface area contributed by atoms with E-state index in [9.17, 15) is 14.0 Å². The first-order valence-electron chi connectivity index (χ1n) is 5.84. The van der Waals surface area contributed by atoms with E-state index in [1.165, 1.54) is 4.57 Å². The van der Waals surface area contributed by atoms with Gasteiger partial charge in [-0.3, -0.25) is 4.57 Å². The number of aromatic nitrogens is 2. The van der Waals surface area contributed by atoms with Crippen LogP contribution in [0.5, 0.6) is 0 Å². The number of nitrogen functional groups attached to an aromatic ring is 1. The number of benzene rings is 2. The lowest BCUT2D eigenvalue weighted by atomic mass is 10.2. The van der Waals surface area contributed by atoms with E-state index in [0.29, 0.717) is 15.7 Å². The standard InChI is InChI=1S/C14H7BrF2N4/c15-8-1-2-11(7(3-8)6-18)21-12-5-9(16)4-10(17)13(12)20-14(21)19/h1-5H,(H2,19,20). The minimum atomic E-state index is -0.800. The first-order valence-corrected chi connectivity index (χ1v) is 6.63. The van der Waals surface area contributed by atoms with Crippen LogP contribution < -0.4 is 5.73 Å². The Morgan fingerprint density at radius 3 is 2.71 bits per heavy atom. The number of nitrogens with zero attached hydrogens (tertiary/aromatic N) is 3. The molecule has 0 saturated carbocycles. The van der Waals surface area contributed by atoms with E-state index in [4.69, 9.17) is 5.73 Å². The molecule has 0 radical (unpaired) electrons. The van der Waals surface area contributed by atoms with Crippen molar-refractivity contribution < 1.29 is 8.78 Å². The van der Waals surface area contributed by atoms with Gasteiger partial charge in [-0.15, -0.1) is 0 Å². The Bertz CT molecular complexity index is 911. The first-order chi connectivity index (χ1) is 10.0. The van der Waals surface area contributed by atoms with Crippen molar-refractivity contribution in [2.75, 3.05) is 5.73 Å². The molecular formula is C14H7BrF2N4. The molecule has 3 rings (SSSR count). The van der Waals surface area contributed by atoms with E-state index >= 15 is 0 Å². The number of nitriles is 1. The average molecular weight is 349 g/mol. The highest BCUT2D eigenvalue weighted by molar-refractivity contribution is 9.10. The molecule has 0 saturated heterocycles. The van der Waals surface area contributed by atoms with Crippen molar-refractivity contribution in [3.8, 4) is 11.8 Å². The normalized spacial score (nSPS) is 10.8. The third-order valence-electron chi connectivity index (χ3n) is 3.02. The van der Waals surface area contributed by atoms with Crippen LogP contribution in [0, 0.1) is 23.0 Å². The molecule has 0 unspecified atom stereocenters. The summed E-state index contributed by atoms with van der Waals surface area (Å²) in [7, 11) is 0. The van der Waals surface area contributed by atoms with Gasteiger partial charge in [0.05, 0.1) is 16.8 Å². The monoisotopic (exact) mass is 348 g/mol. The van der Waals surface area contributed by atoms with Crippen LogP contribution >= 0.6 is 15.9 Å². The summed E-state index contributed by atoms with van der Waals surface area (Å²) in [5.41, 5.74) is 6.65. The van der Waals surface area contributed by atoms with E-state index in [0.717, 1.165) is 12.1 Å². The molecule has 0 aliphatic heterocycles. The first kappa shape index (κ1) is 13.5. The molecule has 1 heterocycles. The van der Waals surface area contributed by atoms with Crippen molar-refractivity contribution in [2.45, 2.75) is 0 Å². The fraction of sp³-hybridized carbons (Fsp3) is 0. The molecule has 104 valence electrons. The molecule has 21 heavy (non-hydrogen) atoms. The van der Waals surface area contributed by atoms with Crippen LogP contribution in [0.15, 0.2) is 34.8 Å². The topological polar surface area (TPSA) is 67.6 Å². The molecule has 0 bridgehead atoms. The third kappa shape index (κ3) is 2.14. The number of fused-ring (bicyclic) bond motifs is 1. The number of hydrogen-bond donors (Lipinski definition) is 1. The highest BCUT2D eigenvalue weighted by Gasteiger charge is 2.17. The van der Waals surface area contributed by atoms with Crippen molar-refractivity contribution in [2.24, 2.45) is 0 Å². The van der Waals surface area contributed by atoms with Crippen molar-refractivity contribution in [1.82, 2.24) is 9.55 Å². The predicted octanol–water partition coefficient (Wildman–Crippen LogP) is 3.52. The van der Waals surface area contributed by atoms with Gasteiger partial charge in [-0.25, -0.2) is 13.8 Å². The summed E-state index contributed by atoms with van der Waals surface area (Å²) in [5, 5.41) is 9.22. The van der Waals surface area contributed by atoms with Crippen LogP contribution in [0.3, 0.4) is 0 Å². The fourth-order valence-electron chi connectivity index (χ4n) is 2.17. The molecule has 0 fully saturated rings. The van der Waals surface area contributed by atoms with Gasteiger partial charge in [-0.05, 0) is 18.2 Å². The summed E-state index contributed by atoms with van der Waals surface area (Å²) in [6, 6.07) is 8.82. The molecule has 0 spiro atoms. The van der Waals surface area contributed by atoms with Crippen molar-refractivity contribution in [3.05, 3.63) is 52.0 Å². The SMILES string of the molecule is N#Cc1cc(Br)ccc1-n1c(N)nc2c(F)cc(F)cc21. The van der Waals surface area contributed by atoms with Crippen LogP contribution in [-0.4, -0.2) is 9.55 Å². The number of imidazole rings is 1. The number of anilines is 1. The Morgan fingerprint density at radius 2 is 2.00 bits per heavy atom. The molecule has 2 aromatic carbocycles. The van der Waals surface area contributed by atoms with Gasteiger partial charge in [-0.2, -0.15) is 5.26 Å². The van der Waals surface area contributed by atoms with Gasteiger partial charge >= 0.3 is 0 Å². The number of hydrogen-bond acceptors (Lipinski definition) is 3. The predicted molar refractivity (Wildman–Crippen MR) is 77.8 cm³/mol. The Kier molecular flexibility index (Phi) is 3.11. The molecule has 0 aliphatic carbocycles. The summed E-state index contributed by atoms with van der Waals surface area (Å²) in [6.07, 6.45) is 0. The molecule has 0 aliphatic rings. The van der Waals surface area contributed by atoms with Gasteiger partial charge in [0.2, 0.25) is 5.95 Å². The summed E-state index contributed by atoms with van der Waals surface area (Å²) in [6.45, 7) is 0. The van der Waals surface area contributed by atoms with Crippen LogP contribution in [0.1, 0.15) is 5.56 Å². The van der Waals surface area contributed by atoms with Crippen LogP contribution in [0.2, 0.25) is 0 Å². The third-order valence-corrected chi connectivity index (χ3v) is 3.52. The van der Waals surface area contributed by atoms with Gasteiger partial charge in [-0.1, -0.05) is 15.9 Å². The van der Waals surface area contributed by atoms with Gasteiger partial charge in [0.25, 0.3) is 0 Å². The highest BCUT2D eigenvalue weighted by Crippen LogP contribution is 2.28. The maximum Gasteiger partial charge on any atom is 0.206 e. The molecule has 0 atom stereocenters. The van der Waals surface area contributed by atoms with Crippen LogP contribution in [0.4, 0.5) is 14.7 Å². The van der Waals surface area contributed by atoms with Gasteiger partial charge in [0.15, 0.2) is 5.82 Å². The second-order valence-electron chi connectivity index (χ2n) is 4.33. The van der Waals surface area contributed by atoms with E-state index in [1.807, 2.05) is 6.07 Å². The van der Waals surface area contributed by atoms with Crippen LogP contribution in [-0.2, 0) is 0 Å². The van der Waals surface area contributed by atoms with E-state index in [2.05, 4.69) is 20.9 Å². The molecule has 0 amide bonds. The van der Waals surface area contributed by atoms with E-state index < -0.39 is 11.6 Å². The van der Waals surface area contributed by atoms with Crippen molar-refractivity contribution in [3.63, 3.8) is 0 Å². The lowest BCUT2D eigenvalue weighted by Gasteiger charge is -2.09. The van der Waals surface area contributed by atoms with Gasteiger partial charge < -0.3 is 5.73 Å². The average Bonchev–Trinajstić information content (AvgIpc) is 2.75. The van der Waals surface area contributed by atoms with Gasteiger partial charge in [0.1, 0.15) is 17.4 Å². The smallest absolute Gasteiger partial charge is 0.206 e. The lowest BCUT2D eigenvalue weighted by molar-refractivity contribution is 0.590. The van der Waals surface area contributed by atoms with E-state index in [-0.39, 0.29) is 17.0 Å². The summed E-state index contributed by atoms with van der Waals surface area (Å²) in [4.78, 5) is 3.91. The molecule has 7 heteroatoms. The summed E-state index contributed by atoms with van der Waals surface area (Å²) in [5.74, 6) is -1.56. The zero-order chi connectivity index (χ0) is 15.1. The minimum absolute atomic E-state index is 0.0201.